The maximum absolute atomic E-state index is 13.8. The standard InChI is InChI=1S/C30H40N6O5S3/c1-4-5-6-7-8-9-10-11-12-13-14-23-27(37)35-28(43-23)25-26-33-22-16-15-21(32-30(38)41-18-20(2)3)17-24(22)44(39,40)36(26)29(34-25)42-19-31/h15-17,20,23,33H,4-14,18H2,1-3H3,(H,32,38). The number of carbonyl (C=O) groups excluding carboxylic acids is 2. The van der Waals surface area contributed by atoms with Crippen LogP contribution in [0.5, 0.6) is 0 Å². The molecule has 4 rings (SSSR count). The number of rotatable bonds is 16. The Morgan fingerprint density at radius 2 is 1.84 bits per heavy atom. The number of nitrogens with one attached hydrogen (secondary N) is 2. The molecule has 3 heterocycles. The smallest absolute Gasteiger partial charge is 0.411 e. The largest absolute Gasteiger partial charge is 0.449 e. The molecule has 1 aromatic heterocycles. The molecule has 0 fully saturated rings. The molecule has 2 N–H and O–H groups in total. The fourth-order valence-electron chi connectivity index (χ4n) is 5.00. The van der Waals surface area contributed by atoms with Gasteiger partial charge in [-0.05, 0) is 30.5 Å². The fraction of sp³-hybridized carbons (Fsp3) is 0.567. The Morgan fingerprint density at radius 1 is 1.16 bits per heavy atom. The number of amides is 2. The van der Waals surface area contributed by atoms with Crippen molar-refractivity contribution in [2.75, 3.05) is 17.2 Å². The number of nitrogens with zero attached hydrogens (tertiary/aromatic N) is 4. The van der Waals surface area contributed by atoms with E-state index >= 15 is 0 Å². The number of carbonyl (C=O) groups is 2. The van der Waals surface area contributed by atoms with Crippen molar-refractivity contribution >= 4 is 67.8 Å². The number of hydrogen-bond acceptors (Lipinski definition) is 10. The predicted molar refractivity (Wildman–Crippen MR) is 175 cm³/mol. The minimum Gasteiger partial charge on any atom is -0.449 e. The number of imidazole rings is 1. The maximum Gasteiger partial charge on any atom is 0.411 e. The van der Waals surface area contributed by atoms with Gasteiger partial charge in [-0.3, -0.25) is 10.1 Å². The summed E-state index contributed by atoms with van der Waals surface area (Å²) in [5.41, 5.74) is 0.711. The van der Waals surface area contributed by atoms with Crippen LogP contribution in [0.25, 0.3) is 0 Å². The lowest BCUT2D eigenvalue weighted by Gasteiger charge is -2.22. The summed E-state index contributed by atoms with van der Waals surface area (Å²) >= 11 is 1.89. The molecule has 2 aromatic rings. The Labute approximate surface area is 268 Å². The number of aliphatic imine (C=N–C) groups is 1. The molecular weight excluding hydrogens is 621 g/mol. The van der Waals surface area contributed by atoms with E-state index in [0.29, 0.717) is 23.2 Å². The van der Waals surface area contributed by atoms with Crippen molar-refractivity contribution < 1.29 is 22.7 Å². The minimum absolute atomic E-state index is 0.0701. The van der Waals surface area contributed by atoms with Gasteiger partial charge >= 0.3 is 6.09 Å². The highest BCUT2D eigenvalue weighted by molar-refractivity contribution is 8.16. The number of ether oxygens (including phenoxy) is 1. The molecule has 11 nitrogen and oxygen atoms in total. The molecule has 44 heavy (non-hydrogen) atoms. The van der Waals surface area contributed by atoms with Crippen LogP contribution in [0.1, 0.15) is 97.1 Å². The van der Waals surface area contributed by atoms with E-state index in [1.54, 1.807) is 6.07 Å². The van der Waals surface area contributed by atoms with E-state index < -0.39 is 16.1 Å². The third-order valence-corrected chi connectivity index (χ3v) is 10.9. The van der Waals surface area contributed by atoms with E-state index in [4.69, 9.17) is 4.74 Å². The van der Waals surface area contributed by atoms with Crippen molar-refractivity contribution in [2.24, 2.45) is 10.9 Å². The molecule has 238 valence electrons. The Bertz CT molecular complexity index is 1530. The highest BCUT2D eigenvalue weighted by atomic mass is 32.2. The third kappa shape index (κ3) is 8.37. The predicted octanol–water partition coefficient (Wildman–Crippen LogP) is 7.65. The van der Waals surface area contributed by atoms with Crippen LogP contribution in [0.15, 0.2) is 33.2 Å². The van der Waals surface area contributed by atoms with Crippen LogP contribution in [0.2, 0.25) is 0 Å². The third-order valence-electron chi connectivity index (χ3n) is 7.26. The van der Waals surface area contributed by atoms with Gasteiger partial charge in [-0.15, -0.1) is 0 Å². The van der Waals surface area contributed by atoms with Crippen LogP contribution in [-0.2, 0) is 19.6 Å². The molecule has 0 aliphatic carbocycles. The van der Waals surface area contributed by atoms with Crippen LogP contribution in [-0.4, -0.2) is 46.3 Å². The summed E-state index contributed by atoms with van der Waals surface area (Å²) < 4.78 is 33.7. The molecule has 1 atom stereocenters. The van der Waals surface area contributed by atoms with Crippen molar-refractivity contribution in [3.8, 4) is 5.40 Å². The molecule has 2 aliphatic rings. The summed E-state index contributed by atoms with van der Waals surface area (Å²) in [4.78, 5) is 33.5. The first-order valence-corrected chi connectivity index (χ1v) is 18.4. The number of unbranched alkanes of at least 4 members (excludes halogenated alkanes) is 9. The van der Waals surface area contributed by atoms with Crippen LogP contribution in [0.4, 0.5) is 22.0 Å². The van der Waals surface area contributed by atoms with Crippen LogP contribution in [0, 0.1) is 16.6 Å². The second-order valence-electron chi connectivity index (χ2n) is 11.3. The van der Waals surface area contributed by atoms with Gasteiger partial charge in [0.1, 0.15) is 21.0 Å². The SMILES string of the molecule is CCCCCCCCCCCCC1SC(c2nc(SC#N)n3c2Nc2ccc(NC(=O)OCC(C)C)cc2S3(=O)=O)=NC1=O. The molecule has 0 spiro atoms. The molecule has 0 saturated heterocycles. The maximum atomic E-state index is 13.8. The Balaban J connectivity index is 1.43. The highest BCUT2D eigenvalue weighted by Gasteiger charge is 2.39. The second kappa shape index (κ2) is 15.8. The zero-order valence-corrected chi connectivity index (χ0v) is 27.9. The Morgan fingerprint density at radius 3 is 2.50 bits per heavy atom. The molecule has 1 unspecified atom stereocenters. The van der Waals surface area contributed by atoms with E-state index in [2.05, 4.69) is 27.5 Å². The monoisotopic (exact) mass is 660 g/mol. The number of thioether (sulfide) groups is 2. The van der Waals surface area contributed by atoms with Gasteiger partial charge in [-0.25, -0.2) is 23.2 Å². The normalized spacial score (nSPS) is 16.6. The number of benzene rings is 1. The van der Waals surface area contributed by atoms with E-state index in [0.717, 1.165) is 23.2 Å². The van der Waals surface area contributed by atoms with Gasteiger partial charge in [0, 0.05) is 17.4 Å². The van der Waals surface area contributed by atoms with Crippen LogP contribution < -0.4 is 10.6 Å². The number of nitriles is 1. The molecule has 0 bridgehead atoms. The zero-order valence-electron chi connectivity index (χ0n) is 25.4. The van der Waals surface area contributed by atoms with Crippen LogP contribution in [0.3, 0.4) is 0 Å². The van der Waals surface area contributed by atoms with Gasteiger partial charge in [0.25, 0.3) is 15.9 Å². The first-order chi connectivity index (χ1) is 21.1. The Hall–Kier alpha value is -3.02. The van der Waals surface area contributed by atoms with Crippen molar-refractivity contribution in [3.05, 3.63) is 23.9 Å². The average Bonchev–Trinajstić information content (AvgIpc) is 3.53. The highest BCUT2D eigenvalue weighted by Crippen LogP contribution is 2.43. The number of fused-ring (bicyclic) bond motifs is 2. The summed E-state index contributed by atoms with van der Waals surface area (Å²) in [6.07, 6.45) is 12.1. The number of hydrogen-bond donors (Lipinski definition) is 2. The van der Waals surface area contributed by atoms with Gasteiger partial charge in [0.15, 0.2) is 11.0 Å². The molecule has 1 aromatic carbocycles. The lowest BCUT2D eigenvalue weighted by atomic mass is 10.1. The molecule has 14 heteroatoms. The number of aromatic nitrogens is 2. The summed E-state index contributed by atoms with van der Waals surface area (Å²) in [6, 6.07) is 4.42. The number of thiocyanates is 1. The molecule has 2 amide bonds. The first kappa shape index (κ1) is 33.9. The summed E-state index contributed by atoms with van der Waals surface area (Å²) in [6.45, 7) is 6.25. The average molecular weight is 661 g/mol. The van der Waals surface area contributed by atoms with E-state index in [9.17, 15) is 23.3 Å². The quantitative estimate of drug-likeness (QED) is 0.0888. The van der Waals surface area contributed by atoms with Gasteiger partial charge in [0.2, 0.25) is 0 Å². The summed E-state index contributed by atoms with van der Waals surface area (Å²) in [5, 5.41) is 16.9. The molecular formula is C30H40N6O5S3. The van der Waals surface area contributed by atoms with Crippen molar-refractivity contribution in [2.45, 2.75) is 107 Å². The van der Waals surface area contributed by atoms with E-state index in [-0.39, 0.29) is 56.6 Å². The van der Waals surface area contributed by atoms with Crippen LogP contribution >= 0.6 is 23.5 Å². The summed E-state index contributed by atoms with van der Waals surface area (Å²) in [7, 11) is -4.23. The molecule has 2 aliphatic heterocycles. The lowest BCUT2D eigenvalue weighted by molar-refractivity contribution is -0.117. The van der Waals surface area contributed by atoms with Gasteiger partial charge < -0.3 is 10.1 Å². The zero-order chi connectivity index (χ0) is 31.7. The lowest BCUT2D eigenvalue weighted by Crippen LogP contribution is -2.23. The second-order valence-corrected chi connectivity index (χ2v) is 15.0. The van der Waals surface area contributed by atoms with Crippen molar-refractivity contribution in [1.82, 2.24) is 8.96 Å². The fourth-order valence-corrected chi connectivity index (χ4v) is 8.40. The van der Waals surface area contributed by atoms with Gasteiger partial charge in [-0.1, -0.05) is 96.7 Å². The topological polar surface area (TPSA) is 156 Å². The van der Waals surface area contributed by atoms with Gasteiger partial charge in [0.05, 0.1) is 17.5 Å². The minimum atomic E-state index is -4.23. The van der Waals surface area contributed by atoms with E-state index in [1.807, 2.05) is 19.2 Å². The first-order valence-electron chi connectivity index (χ1n) is 15.2. The number of anilines is 3. The van der Waals surface area contributed by atoms with Crippen molar-refractivity contribution in [3.63, 3.8) is 0 Å². The Kier molecular flexibility index (Phi) is 12.2. The molecule has 0 radical (unpaired) electrons. The summed E-state index contributed by atoms with van der Waals surface area (Å²) in [5.74, 6) is 0.00827. The van der Waals surface area contributed by atoms with Gasteiger partial charge in [-0.2, -0.15) is 9.23 Å². The van der Waals surface area contributed by atoms with Crippen molar-refractivity contribution in [1.29, 1.82) is 5.26 Å². The molecule has 0 saturated carbocycles. The van der Waals surface area contributed by atoms with E-state index in [1.165, 1.54) is 68.8 Å².